The Morgan fingerprint density at radius 3 is 2.72 bits per heavy atom. The number of rotatable bonds is 7. The maximum absolute atomic E-state index is 13.5. The molecule has 1 heterocycles. The van der Waals surface area contributed by atoms with E-state index in [1.54, 1.807) is 19.2 Å². The number of nitrogens with zero attached hydrogens (tertiary/aromatic N) is 3. The molecule has 0 spiro atoms. The normalized spacial score (nSPS) is 17.6. The number of aliphatic imine (C=N–C) groups is 1. The van der Waals surface area contributed by atoms with Gasteiger partial charge in [0.25, 0.3) is 0 Å². The molecule has 7 heteroatoms. The van der Waals surface area contributed by atoms with Gasteiger partial charge in [-0.1, -0.05) is 12.1 Å². The molecule has 0 bridgehead atoms. The Morgan fingerprint density at radius 2 is 2.08 bits per heavy atom. The van der Waals surface area contributed by atoms with Crippen molar-refractivity contribution in [3.8, 4) is 0 Å². The lowest BCUT2D eigenvalue weighted by molar-refractivity contribution is 0.0389. The molecule has 0 saturated carbocycles. The number of benzene rings is 1. The molecule has 6 nitrogen and oxygen atoms in total. The van der Waals surface area contributed by atoms with E-state index in [-0.39, 0.29) is 11.9 Å². The van der Waals surface area contributed by atoms with Gasteiger partial charge in [-0.05, 0) is 31.8 Å². The van der Waals surface area contributed by atoms with Crippen molar-refractivity contribution in [1.29, 1.82) is 0 Å². The lowest BCUT2D eigenvalue weighted by Crippen LogP contribution is -2.46. The minimum absolute atomic E-state index is 0.0634. The molecule has 1 aliphatic rings. The summed E-state index contributed by atoms with van der Waals surface area (Å²) in [6.45, 7) is 6.02. The predicted molar refractivity (Wildman–Crippen MR) is 99.5 cm³/mol. The van der Waals surface area contributed by atoms with E-state index in [1.807, 2.05) is 20.2 Å². The van der Waals surface area contributed by atoms with E-state index in [4.69, 9.17) is 4.74 Å². The molecule has 2 N–H and O–H groups in total. The molecular weight excluding hydrogens is 321 g/mol. The molecule has 1 saturated heterocycles. The monoisotopic (exact) mass is 351 g/mol. The van der Waals surface area contributed by atoms with Gasteiger partial charge in [0, 0.05) is 39.8 Å². The number of nitrogens with one attached hydrogen (secondary N) is 2. The Balaban J connectivity index is 1.81. The summed E-state index contributed by atoms with van der Waals surface area (Å²) in [6, 6.07) is 6.81. The number of morpholine rings is 1. The molecule has 1 atom stereocenters. The van der Waals surface area contributed by atoms with Gasteiger partial charge in [-0.25, -0.2) is 4.39 Å². The highest BCUT2D eigenvalue weighted by molar-refractivity contribution is 5.79. The average molecular weight is 351 g/mol. The topological polar surface area (TPSA) is 52.1 Å². The minimum Gasteiger partial charge on any atom is -0.379 e. The van der Waals surface area contributed by atoms with Crippen LogP contribution in [0.1, 0.15) is 11.6 Å². The second-order valence-corrected chi connectivity index (χ2v) is 6.37. The Bertz CT molecular complexity index is 546. The van der Waals surface area contributed by atoms with Crippen LogP contribution >= 0.6 is 0 Å². The van der Waals surface area contributed by atoms with Crippen LogP contribution in [-0.2, 0) is 4.74 Å². The molecular formula is C18H30FN5O. The number of ether oxygens (including phenoxy) is 1. The summed E-state index contributed by atoms with van der Waals surface area (Å²) in [5, 5.41) is 6.68. The van der Waals surface area contributed by atoms with Crippen LogP contribution in [0.2, 0.25) is 0 Å². The Labute approximate surface area is 150 Å². The third-order valence-electron chi connectivity index (χ3n) is 4.37. The maximum Gasteiger partial charge on any atom is 0.191 e. The molecule has 0 radical (unpaired) electrons. The van der Waals surface area contributed by atoms with Crippen molar-refractivity contribution in [3.05, 3.63) is 35.6 Å². The van der Waals surface area contributed by atoms with Crippen LogP contribution in [-0.4, -0.2) is 82.8 Å². The van der Waals surface area contributed by atoms with Crippen molar-refractivity contribution in [2.45, 2.75) is 6.04 Å². The third-order valence-corrected chi connectivity index (χ3v) is 4.37. The molecule has 0 aromatic heterocycles. The molecule has 0 amide bonds. The van der Waals surface area contributed by atoms with Gasteiger partial charge in [-0.2, -0.15) is 0 Å². The van der Waals surface area contributed by atoms with Gasteiger partial charge in [0.1, 0.15) is 5.82 Å². The molecule has 140 valence electrons. The van der Waals surface area contributed by atoms with Crippen LogP contribution in [0.4, 0.5) is 4.39 Å². The zero-order chi connectivity index (χ0) is 18.1. The van der Waals surface area contributed by atoms with E-state index >= 15 is 0 Å². The quantitative estimate of drug-likeness (QED) is 0.565. The van der Waals surface area contributed by atoms with E-state index in [9.17, 15) is 4.39 Å². The Hall–Kier alpha value is -1.70. The number of guanidine groups is 1. The van der Waals surface area contributed by atoms with Crippen LogP contribution in [0.5, 0.6) is 0 Å². The summed E-state index contributed by atoms with van der Waals surface area (Å²) in [7, 11) is 5.74. The minimum atomic E-state index is -0.211. The number of hydrogen-bond donors (Lipinski definition) is 2. The van der Waals surface area contributed by atoms with Crippen molar-refractivity contribution in [3.63, 3.8) is 0 Å². The van der Waals surface area contributed by atoms with Gasteiger partial charge in [-0.3, -0.25) is 9.89 Å². The van der Waals surface area contributed by atoms with Crippen molar-refractivity contribution in [2.75, 3.05) is 67.1 Å². The van der Waals surface area contributed by atoms with Gasteiger partial charge >= 0.3 is 0 Å². The van der Waals surface area contributed by atoms with Crippen LogP contribution < -0.4 is 10.6 Å². The standard InChI is InChI=1S/C18H30FN5O/c1-20-18(21-7-8-24-9-11-25-12-10-24)22-14-17(23(2)3)15-5-4-6-16(19)13-15/h4-6,13,17H,7-12,14H2,1-3H3,(H2,20,21,22). The first-order chi connectivity index (χ1) is 12.1. The molecule has 2 rings (SSSR count). The fourth-order valence-corrected chi connectivity index (χ4v) is 2.88. The van der Waals surface area contributed by atoms with Crippen LogP contribution in [0.3, 0.4) is 0 Å². The Morgan fingerprint density at radius 1 is 1.32 bits per heavy atom. The summed E-state index contributed by atoms with van der Waals surface area (Å²) in [4.78, 5) is 8.72. The maximum atomic E-state index is 13.5. The first kappa shape index (κ1) is 19.6. The van der Waals surface area contributed by atoms with E-state index in [0.29, 0.717) is 6.54 Å². The highest BCUT2D eigenvalue weighted by Crippen LogP contribution is 2.18. The zero-order valence-electron chi connectivity index (χ0n) is 15.5. The largest absolute Gasteiger partial charge is 0.379 e. The predicted octanol–water partition coefficient (Wildman–Crippen LogP) is 0.926. The van der Waals surface area contributed by atoms with Gasteiger partial charge in [-0.15, -0.1) is 0 Å². The van der Waals surface area contributed by atoms with E-state index in [0.717, 1.165) is 50.9 Å². The van der Waals surface area contributed by atoms with Crippen LogP contribution in [0.15, 0.2) is 29.3 Å². The first-order valence-corrected chi connectivity index (χ1v) is 8.76. The molecule has 25 heavy (non-hydrogen) atoms. The molecule has 0 aliphatic carbocycles. The highest BCUT2D eigenvalue weighted by Gasteiger charge is 2.15. The SMILES string of the molecule is CN=C(NCCN1CCOCC1)NCC(c1cccc(F)c1)N(C)C. The second kappa shape index (κ2) is 10.3. The lowest BCUT2D eigenvalue weighted by atomic mass is 10.1. The molecule has 1 fully saturated rings. The highest BCUT2D eigenvalue weighted by atomic mass is 19.1. The number of halogens is 1. The van der Waals surface area contributed by atoms with Crippen LogP contribution in [0.25, 0.3) is 0 Å². The van der Waals surface area contributed by atoms with Gasteiger partial charge in [0.05, 0.1) is 19.3 Å². The number of hydrogen-bond acceptors (Lipinski definition) is 4. The van der Waals surface area contributed by atoms with Gasteiger partial charge in [0.2, 0.25) is 0 Å². The molecule has 1 aliphatic heterocycles. The zero-order valence-corrected chi connectivity index (χ0v) is 15.5. The van der Waals surface area contributed by atoms with Crippen molar-refractivity contribution >= 4 is 5.96 Å². The van der Waals surface area contributed by atoms with Crippen molar-refractivity contribution in [1.82, 2.24) is 20.4 Å². The first-order valence-electron chi connectivity index (χ1n) is 8.76. The van der Waals surface area contributed by atoms with Crippen LogP contribution in [0, 0.1) is 5.82 Å². The third kappa shape index (κ3) is 6.61. The fraction of sp³-hybridized carbons (Fsp3) is 0.611. The number of likely N-dealkylation sites (N-methyl/N-ethyl adjacent to an activating group) is 1. The molecule has 1 unspecified atom stereocenters. The average Bonchev–Trinajstić information content (AvgIpc) is 2.61. The van der Waals surface area contributed by atoms with Crippen molar-refractivity contribution < 1.29 is 9.13 Å². The summed E-state index contributed by atoms with van der Waals surface area (Å²) in [5.41, 5.74) is 0.946. The fourth-order valence-electron chi connectivity index (χ4n) is 2.88. The lowest BCUT2D eigenvalue weighted by Gasteiger charge is -2.28. The van der Waals surface area contributed by atoms with E-state index < -0.39 is 0 Å². The Kier molecular flexibility index (Phi) is 8.11. The van der Waals surface area contributed by atoms with E-state index in [1.165, 1.54) is 6.07 Å². The molecule has 1 aromatic carbocycles. The second-order valence-electron chi connectivity index (χ2n) is 6.37. The summed E-state index contributed by atoms with van der Waals surface area (Å²) < 4.78 is 18.9. The summed E-state index contributed by atoms with van der Waals surface area (Å²) >= 11 is 0. The van der Waals surface area contributed by atoms with Gasteiger partial charge < -0.3 is 20.3 Å². The van der Waals surface area contributed by atoms with Gasteiger partial charge in [0.15, 0.2) is 5.96 Å². The summed E-state index contributed by atoms with van der Waals surface area (Å²) in [5.74, 6) is 0.550. The van der Waals surface area contributed by atoms with Crippen molar-refractivity contribution in [2.24, 2.45) is 4.99 Å². The molecule has 1 aromatic rings. The smallest absolute Gasteiger partial charge is 0.191 e. The van der Waals surface area contributed by atoms with E-state index in [2.05, 4.69) is 25.4 Å². The summed E-state index contributed by atoms with van der Waals surface area (Å²) in [6.07, 6.45) is 0.